The number of nitrogens with zero attached hydrogens (tertiary/aromatic N) is 1. The third-order valence-electron chi connectivity index (χ3n) is 5.69. The minimum atomic E-state index is -0.785. The van der Waals surface area contributed by atoms with Crippen molar-refractivity contribution in [2.45, 2.75) is 38.7 Å². The zero-order valence-corrected chi connectivity index (χ0v) is 20.2. The maximum atomic E-state index is 12.9. The highest BCUT2D eigenvalue weighted by Gasteiger charge is 2.16. The van der Waals surface area contributed by atoms with E-state index in [1.807, 2.05) is 91.0 Å². The van der Waals surface area contributed by atoms with E-state index in [9.17, 15) is 9.90 Å². The summed E-state index contributed by atoms with van der Waals surface area (Å²) in [5.41, 5.74) is 4.73. The van der Waals surface area contributed by atoms with Gasteiger partial charge >= 0.3 is 0 Å². The number of fused-ring (bicyclic) bond motifs is 1. The summed E-state index contributed by atoms with van der Waals surface area (Å²) in [4.78, 5) is 17.6. The lowest BCUT2D eigenvalue weighted by Gasteiger charge is -2.19. The average molecular weight is 470 g/mol. The van der Waals surface area contributed by atoms with Crippen LogP contribution in [0.3, 0.4) is 0 Å². The zero-order chi connectivity index (χ0) is 24.1. The molecule has 0 unspecified atom stereocenters. The van der Waals surface area contributed by atoms with Crippen LogP contribution in [0, 0.1) is 0 Å². The van der Waals surface area contributed by atoms with Gasteiger partial charge in [0, 0.05) is 28.8 Å². The minimum absolute atomic E-state index is 0.104. The van der Waals surface area contributed by atoms with Gasteiger partial charge in [0.15, 0.2) is 5.78 Å². The number of rotatable bonds is 8. The van der Waals surface area contributed by atoms with E-state index < -0.39 is 5.60 Å². The smallest absolute Gasteiger partial charge is 0.163 e. The summed E-state index contributed by atoms with van der Waals surface area (Å²) in [6.07, 6.45) is 5.54. The van der Waals surface area contributed by atoms with Gasteiger partial charge in [-0.25, -0.2) is 4.98 Å². The van der Waals surface area contributed by atoms with Crippen molar-refractivity contribution in [3.8, 4) is 0 Å². The van der Waals surface area contributed by atoms with Crippen LogP contribution in [0.1, 0.15) is 53.0 Å². The quantitative estimate of drug-likeness (QED) is 0.278. The van der Waals surface area contributed by atoms with E-state index in [4.69, 9.17) is 11.6 Å². The summed E-state index contributed by atoms with van der Waals surface area (Å²) in [6, 6.07) is 25.3. The first kappa shape index (κ1) is 23.9. The van der Waals surface area contributed by atoms with Gasteiger partial charge in [0.1, 0.15) is 0 Å². The van der Waals surface area contributed by atoms with Gasteiger partial charge in [0.25, 0.3) is 0 Å². The predicted molar refractivity (Wildman–Crippen MR) is 141 cm³/mol. The second kappa shape index (κ2) is 10.3. The van der Waals surface area contributed by atoms with E-state index >= 15 is 0 Å². The van der Waals surface area contributed by atoms with Crippen molar-refractivity contribution >= 4 is 40.4 Å². The molecule has 0 fully saturated rings. The van der Waals surface area contributed by atoms with Gasteiger partial charge < -0.3 is 5.11 Å². The molecule has 0 atom stereocenters. The van der Waals surface area contributed by atoms with Gasteiger partial charge in [-0.15, -0.1) is 0 Å². The van der Waals surface area contributed by atoms with Gasteiger partial charge in [-0.1, -0.05) is 72.3 Å². The third kappa shape index (κ3) is 6.40. The van der Waals surface area contributed by atoms with Crippen LogP contribution in [0.4, 0.5) is 0 Å². The fourth-order valence-electron chi connectivity index (χ4n) is 4.03. The number of carbonyl (C=O) groups excluding carboxylic acids is 1. The van der Waals surface area contributed by atoms with Crippen LogP contribution in [-0.4, -0.2) is 21.5 Å². The van der Waals surface area contributed by atoms with Crippen LogP contribution in [0.2, 0.25) is 5.02 Å². The van der Waals surface area contributed by atoms with Crippen LogP contribution < -0.4 is 0 Å². The van der Waals surface area contributed by atoms with E-state index in [1.165, 1.54) is 0 Å². The Bertz CT molecular complexity index is 1350. The first-order valence-electron chi connectivity index (χ1n) is 11.4. The third-order valence-corrected chi connectivity index (χ3v) is 5.93. The van der Waals surface area contributed by atoms with E-state index in [0.717, 1.165) is 33.3 Å². The minimum Gasteiger partial charge on any atom is -0.390 e. The number of halogens is 1. The van der Waals surface area contributed by atoms with Crippen LogP contribution in [0.5, 0.6) is 0 Å². The molecule has 4 rings (SSSR count). The van der Waals surface area contributed by atoms with Crippen LogP contribution >= 0.6 is 11.6 Å². The number of aliphatic hydroxyl groups is 1. The Balaban J connectivity index is 1.45. The molecule has 4 aromatic rings. The molecule has 1 N–H and O–H groups in total. The number of aromatic nitrogens is 1. The van der Waals surface area contributed by atoms with Crippen molar-refractivity contribution in [3.63, 3.8) is 0 Å². The van der Waals surface area contributed by atoms with Crippen LogP contribution in [-0.2, 0) is 12.8 Å². The maximum absolute atomic E-state index is 12.9. The second-order valence-corrected chi connectivity index (χ2v) is 9.65. The number of pyridine rings is 1. The standard InChI is InChI=1S/C30H28ClNO2/c1-30(2,34)20-25-8-4-3-7-22(25)13-17-29(33)24-9-5-6-21(18-24)10-15-27-16-12-23-11-14-26(31)19-28(23)32-27/h3-12,14-16,18-19,34H,13,17,20H2,1-2H3/b15-10+. The lowest BCUT2D eigenvalue weighted by Crippen LogP contribution is -2.22. The number of Topliss-reactive ketones (excluding diaryl/α,β-unsaturated/α-hetero) is 1. The molecule has 0 saturated heterocycles. The number of ketones is 1. The molecule has 3 aromatic carbocycles. The Labute approximate surface area is 205 Å². The van der Waals surface area contributed by atoms with E-state index in [0.29, 0.717) is 29.8 Å². The highest BCUT2D eigenvalue weighted by Crippen LogP contribution is 2.21. The molecule has 0 aliphatic carbocycles. The summed E-state index contributed by atoms with van der Waals surface area (Å²) in [7, 11) is 0. The maximum Gasteiger partial charge on any atom is 0.163 e. The second-order valence-electron chi connectivity index (χ2n) is 9.21. The lowest BCUT2D eigenvalue weighted by molar-refractivity contribution is 0.0808. The molecule has 0 aliphatic heterocycles. The Morgan fingerprint density at radius 1 is 0.941 bits per heavy atom. The van der Waals surface area contributed by atoms with Crippen molar-refractivity contribution in [1.82, 2.24) is 4.98 Å². The molecule has 0 bridgehead atoms. The fraction of sp³-hybridized carbons (Fsp3) is 0.200. The van der Waals surface area contributed by atoms with E-state index in [2.05, 4.69) is 4.98 Å². The fourth-order valence-corrected chi connectivity index (χ4v) is 4.20. The Morgan fingerprint density at radius 2 is 1.71 bits per heavy atom. The van der Waals surface area contributed by atoms with Crippen molar-refractivity contribution in [2.75, 3.05) is 0 Å². The largest absolute Gasteiger partial charge is 0.390 e. The number of benzene rings is 3. The van der Waals surface area contributed by atoms with E-state index in [1.54, 1.807) is 13.8 Å². The average Bonchev–Trinajstić information content (AvgIpc) is 2.81. The normalized spacial score (nSPS) is 11.9. The van der Waals surface area contributed by atoms with Gasteiger partial charge in [-0.05, 0) is 67.3 Å². The van der Waals surface area contributed by atoms with E-state index in [-0.39, 0.29) is 5.78 Å². The summed E-state index contributed by atoms with van der Waals surface area (Å²) >= 11 is 6.09. The summed E-state index contributed by atoms with van der Waals surface area (Å²) in [5, 5.41) is 11.9. The zero-order valence-electron chi connectivity index (χ0n) is 19.5. The molecule has 34 heavy (non-hydrogen) atoms. The Morgan fingerprint density at radius 3 is 2.50 bits per heavy atom. The van der Waals surface area contributed by atoms with Crippen LogP contribution in [0.25, 0.3) is 23.1 Å². The number of carbonyl (C=O) groups is 1. The molecular weight excluding hydrogens is 442 g/mol. The molecular formula is C30H28ClNO2. The molecule has 0 radical (unpaired) electrons. The monoisotopic (exact) mass is 469 g/mol. The topological polar surface area (TPSA) is 50.2 Å². The Kier molecular flexibility index (Phi) is 7.26. The van der Waals surface area contributed by atoms with Gasteiger partial charge in [0.05, 0.1) is 16.8 Å². The summed E-state index contributed by atoms with van der Waals surface area (Å²) < 4.78 is 0. The molecule has 1 aromatic heterocycles. The van der Waals surface area contributed by atoms with Crippen molar-refractivity contribution in [3.05, 3.63) is 112 Å². The molecule has 0 aliphatic rings. The highest BCUT2D eigenvalue weighted by molar-refractivity contribution is 6.31. The molecule has 1 heterocycles. The molecule has 0 amide bonds. The van der Waals surface area contributed by atoms with Gasteiger partial charge in [-0.2, -0.15) is 0 Å². The number of aryl methyl sites for hydroxylation is 1. The molecule has 172 valence electrons. The van der Waals surface area contributed by atoms with Gasteiger partial charge in [-0.3, -0.25) is 4.79 Å². The van der Waals surface area contributed by atoms with Crippen LogP contribution in [0.15, 0.2) is 78.9 Å². The first-order valence-corrected chi connectivity index (χ1v) is 11.8. The van der Waals surface area contributed by atoms with Gasteiger partial charge in [0.2, 0.25) is 0 Å². The first-order chi connectivity index (χ1) is 16.3. The van der Waals surface area contributed by atoms with Crippen molar-refractivity contribution in [1.29, 1.82) is 0 Å². The van der Waals surface area contributed by atoms with Crippen molar-refractivity contribution in [2.24, 2.45) is 0 Å². The SMILES string of the molecule is CC(C)(O)Cc1ccccc1CCC(=O)c1cccc(/C=C/c2ccc3ccc(Cl)cc3n2)c1. The highest BCUT2D eigenvalue weighted by atomic mass is 35.5. The molecule has 0 spiro atoms. The summed E-state index contributed by atoms with van der Waals surface area (Å²) in [5.74, 6) is 0.104. The Hall–Kier alpha value is -3.27. The molecule has 4 heteroatoms. The lowest BCUT2D eigenvalue weighted by atomic mass is 9.92. The predicted octanol–water partition coefficient (Wildman–Crippen LogP) is 7.19. The van der Waals surface area contributed by atoms with Crippen molar-refractivity contribution < 1.29 is 9.90 Å². The number of hydrogen-bond acceptors (Lipinski definition) is 3. The molecule has 0 saturated carbocycles. The summed E-state index contributed by atoms with van der Waals surface area (Å²) in [6.45, 7) is 3.60. The molecule has 3 nitrogen and oxygen atoms in total. The number of hydrogen-bond donors (Lipinski definition) is 1.